The molecule has 2 atom stereocenters. The Morgan fingerprint density at radius 1 is 1.35 bits per heavy atom. The van der Waals surface area contributed by atoms with E-state index < -0.39 is 0 Å². The van der Waals surface area contributed by atoms with Crippen molar-refractivity contribution in [3.8, 4) is 0 Å². The Bertz CT molecular complexity index is 596. The van der Waals surface area contributed by atoms with Crippen molar-refractivity contribution in [2.75, 3.05) is 18.0 Å². The second kappa shape index (κ2) is 5.76. The van der Waals surface area contributed by atoms with Crippen molar-refractivity contribution in [2.24, 2.45) is 5.73 Å². The highest BCUT2D eigenvalue weighted by atomic mass is 35.5. The second-order valence-corrected chi connectivity index (χ2v) is 7.05. The highest BCUT2D eigenvalue weighted by molar-refractivity contribution is 7.16. The molecule has 0 saturated carbocycles. The fourth-order valence-corrected chi connectivity index (χ4v) is 4.17. The van der Waals surface area contributed by atoms with Crippen LogP contribution >= 0.6 is 22.9 Å². The molecule has 2 heterocycles. The van der Waals surface area contributed by atoms with Crippen LogP contribution in [-0.4, -0.2) is 13.1 Å². The predicted octanol–water partition coefficient (Wildman–Crippen LogP) is 4.42. The van der Waals surface area contributed by atoms with Crippen molar-refractivity contribution in [2.45, 2.75) is 25.3 Å². The summed E-state index contributed by atoms with van der Waals surface area (Å²) in [7, 11) is 0. The molecule has 3 rings (SSSR count). The van der Waals surface area contributed by atoms with E-state index in [0.717, 1.165) is 23.8 Å². The fourth-order valence-electron chi connectivity index (χ4n) is 3.05. The van der Waals surface area contributed by atoms with Crippen LogP contribution in [0.3, 0.4) is 0 Å². The third kappa shape index (κ3) is 2.46. The number of thiophene rings is 1. The van der Waals surface area contributed by atoms with Crippen molar-refractivity contribution >= 4 is 28.6 Å². The summed E-state index contributed by atoms with van der Waals surface area (Å²) in [6.45, 7) is 4.04. The van der Waals surface area contributed by atoms with Crippen LogP contribution in [0, 0.1) is 0 Å². The van der Waals surface area contributed by atoms with Crippen LogP contribution in [0.15, 0.2) is 36.4 Å². The Morgan fingerprint density at radius 3 is 2.85 bits per heavy atom. The van der Waals surface area contributed by atoms with Crippen LogP contribution in [0.1, 0.15) is 35.7 Å². The molecule has 0 spiro atoms. The first kappa shape index (κ1) is 13.9. The second-order valence-electron chi connectivity index (χ2n) is 5.30. The fraction of sp³-hybridized carbons (Fsp3) is 0.375. The van der Waals surface area contributed by atoms with Gasteiger partial charge in [0.2, 0.25) is 0 Å². The van der Waals surface area contributed by atoms with Gasteiger partial charge in [0.05, 0.1) is 10.4 Å². The van der Waals surface area contributed by atoms with Gasteiger partial charge in [-0.15, -0.1) is 11.3 Å². The lowest BCUT2D eigenvalue weighted by molar-refractivity contribution is 0.610. The molecule has 20 heavy (non-hydrogen) atoms. The Morgan fingerprint density at radius 2 is 2.15 bits per heavy atom. The summed E-state index contributed by atoms with van der Waals surface area (Å²) in [5.41, 5.74) is 8.56. The van der Waals surface area contributed by atoms with Gasteiger partial charge in [-0.05, 0) is 43.7 Å². The van der Waals surface area contributed by atoms with Gasteiger partial charge >= 0.3 is 0 Å². The van der Waals surface area contributed by atoms with E-state index in [1.54, 1.807) is 11.3 Å². The van der Waals surface area contributed by atoms with E-state index >= 15 is 0 Å². The minimum atomic E-state index is 0.358. The monoisotopic (exact) mass is 306 g/mol. The van der Waals surface area contributed by atoms with Gasteiger partial charge in [-0.2, -0.15) is 0 Å². The molecule has 106 valence electrons. The van der Waals surface area contributed by atoms with Gasteiger partial charge in [0, 0.05) is 23.0 Å². The Balaban J connectivity index is 1.91. The minimum Gasteiger partial charge on any atom is -0.363 e. The Kier molecular flexibility index (Phi) is 4.01. The Hall–Kier alpha value is -1.03. The van der Waals surface area contributed by atoms with Crippen LogP contribution in [0.2, 0.25) is 4.34 Å². The molecule has 0 fully saturated rings. The average Bonchev–Trinajstić information content (AvgIpc) is 3.04. The molecule has 2 unspecified atom stereocenters. The molecule has 0 amide bonds. The molecule has 0 bridgehead atoms. The van der Waals surface area contributed by atoms with Gasteiger partial charge in [0.25, 0.3) is 0 Å². The summed E-state index contributed by atoms with van der Waals surface area (Å²) >= 11 is 7.74. The zero-order valence-electron chi connectivity index (χ0n) is 11.6. The average molecular weight is 307 g/mol. The van der Waals surface area contributed by atoms with Crippen LogP contribution in [-0.2, 0) is 0 Å². The highest BCUT2D eigenvalue weighted by Crippen LogP contribution is 2.43. The normalized spacial score (nSPS) is 19.1. The quantitative estimate of drug-likeness (QED) is 0.906. The number of nitrogens with zero attached hydrogens (tertiary/aromatic N) is 1. The summed E-state index contributed by atoms with van der Waals surface area (Å²) in [5.74, 6) is 0.550. The molecule has 2 N–H and O–H groups in total. The molecule has 2 nitrogen and oxygen atoms in total. The molecule has 1 aromatic heterocycles. The lowest BCUT2D eigenvalue weighted by Gasteiger charge is -2.27. The van der Waals surface area contributed by atoms with Crippen molar-refractivity contribution in [1.82, 2.24) is 0 Å². The van der Waals surface area contributed by atoms with Crippen molar-refractivity contribution < 1.29 is 0 Å². The first-order valence-corrected chi connectivity index (χ1v) is 8.21. The molecular formula is C16H19ClN2S. The summed E-state index contributed by atoms with van der Waals surface area (Å²) < 4.78 is 0.859. The summed E-state index contributed by atoms with van der Waals surface area (Å²) in [5, 5.41) is 0. The van der Waals surface area contributed by atoms with Gasteiger partial charge in [-0.25, -0.2) is 0 Å². The van der Waals surface area contributed by atoms with Gasteiger partial charge in [-0.1, -0.05) is 29.8 Å². The maximum atomic E-state index is 6.07. The zero-order valence-corrected chi connectivity index (χ0v) is 13.1. The lowest BCUT2D eigenvalue weighted by atomic mass is 9.98. The third-order valence-corrected chi connectivity index (χ3v) is 5.49. The van der Waals surface area contributed by atoms with Gasteiger partial charge in [-0.3, -0.25) is 0 Å². The Labute approximate surface area is 129 Å². The standard InChI is InChI=1S/C16H19ClN2S/c1-11(15-6-7-16(17)20-15)19-10-12(8-9-18)13-4-2-3-5-14(13)19/h2-7,11-12H,8-10,18H2,1H3. The minimum absolute atomic E-state index is 0.358. The summed E-state index contributed by atoms with van der Waals surface area (Å²) in [6.07, 6.45) is 1.05. The largest absolute Gasteiger partial charge is 0.363 e. The van der Waals surface area contributed by atoms with E-state index in [4.69, 9.17) is 17.3 Å². The summed E-state index contributed by atoms with van der Waals surface area (Å²) in [6, 6.07) is 13.2. The van der Waals surface area contributed by atoms with Gasteiger partial charge in [0.1, 0.15) is 0 Å². The smallest absolute Gasteiger partial charge is 0.0932 e. The first-order chi connectivity index (χ1) is 9.70. The van der Waals surface area contributed by atoms with Crippen molar-refractivity contribution in [3.63, 3.8) is 0 Å². The maximum absolute atomic E-state index is 6.07. The van der Waals surface area contributed by atoms with Crippen molar-refractivity contribution in [3.05, 3.63) is 51.2 Å². The number of para-hydroxylation sites is 1. The van der Waals surface area contributed by atoms with E-state index in [0.29, 0.717) is 12.0 Å². The van der Waals surface area contributed by atoms with Crippen LogP contribution in [0.5, 0.6) is 0 Å². The van der Waals surface area contributed by atoms with Crippen LogP contribution in [0.4, 0.5) is 5.69 Å². The topological polar surface area (TPSA) is 29.3 Å². The van der Waals surface area contributed by atoms with E-state index in [1.165, 1.54) is 16.1 Å². The van der Waals surface area contributed by atoms with E-state index in [1.807, 2.05) is 6.07 Å². The lowest BCUT2D eigenvalue weighted by Crippen LogP contribution is -2.25. The number of nitrogens with two attached hydrogens (primary N) is 1. The number of hydrogen-bond acceptors (Lipinski definition) is 3. The molecule has 4 heteroatoms. The van der Waals surface area contributed by atoms with E-state index in [9.17, 15) is 0 Å². The number of halogens is 1. The number of benzene rings is 1. The number of rotatable bonds is 4. The van der Waals surface area contributed by atoms with Crippen molar-refractivity contribution in [1.29, 1.82) is 0 Å². The van der Waals surface area contributed by atoms with Gasteiger partial charge < -0.3 is 10.6 Å². The number of hydrogen-bond donors (Lipinski definition) is 1. The molecule has 0 saturated heterocycles. The molecule has 1 aliphatic heterocycles. The molecule has 1 aromatic carbocycles. The zero-order chi connectivity index (χ0) is 14.1. The summed E-state index contributed by atoms with van der Waals surface area (Å²) in [4.78, 5) is 3.80. The number of fused-ring (bicyclic) bond motifs is 1. The molecule has 0 radical (unpaired) electrons. The van der Waals surface area contributed by atoms with E-state index in [2.05, 4.69) is 42.2 Å². The predicted molar refractivity (Wildman–Crippen MR) is 87.9 cm³/mol. The van der Waals surface area contributed by atoms with Crippen LogP contribution in [0.25, 0.3) is 0 Å². The molecule has 1 aliphatic rings. The number of anilines is 1. The van der Waals surface area contributed by atoms with E-state index in [-0.39, 0.29) is 0 Å². The van der Waals surface area contributed by atoms with Crippen LogP contribution < -0.4 is 10.6 Å². The SMILES string of the molecule is CC(c1ccc(Cl)s1)N1CC(CCN)c2ccccc21. The first-order valence-electron chi connectivity index (χ1n) is 7.01. The maximum Gasteiger partial charge on any atom is 0.0932 e. The third-order valence-electron chi connectivity index (χ3n) is 4.09. The molecule has 0 aliphatic carbocycles. The molecular weight excluding hydrogens is 288 g/mol. The van der Waals surface area contributed by atoms with Gasteiger partial charge in [0.15, 0.2) is 0 Å². The molecule has 2 aromatic rings. The highest BCUT2D eigenvalue weighted by Gasteiger charge is 2.31.